The molecule has 0 heterocycles. The monoisotopic (exact) mass is 120 g/mol. The van der Waals surface area contributed by atoms with Crippen molar-refractivity contribution in [3.8, 4) is 0 Å². The fraction of sp³-hybridized carbons (Fsp3) is 1.00. The molecule has 46 valence electrons. The van der Waals surface area contributed by atoms with Crippen LogP contribution < -0.4 is 0 Å². The van der Waals surface area contributed by atoms with E-state index in [9.17, 15) is 0 Å². The average molecular weight is 120 g/mol. The van der Waals surface area contributed by atoms with E-state index in [1.165, 1.54) is 0 Å². The van der Waals surface area contributed by atoms with E-state index in [1.54, 1.807) is 7.11 Å². The van der Waals surface area contributed by atoms with Crippen LogP contribution in [0.2, 0.25) is 5.79 Å². The molecule has 0 rings (SSSR count). The van der Waals surface area contributed by atoms with Crippen LogP contribution in [0.15, 0.2) is 0 Å². The Kier molecular flexibility index (Phi) is 35.9. The van der Waals surface area contributed by atoms with Crippen molar-refractivity contribution in [2.45, 2.75) is 20.6 Å². The van der Waals surface area contributed by atoms with Crippen molar-refractivity contribution in [3.63, 3.8) is 0 Å². The molecule has 0 aromatic carbocycles. The third-order valence-electron chi connectivity index (χ3n) is 0.408. The molecule has 0 fully saturated rings. The Bertz CT molecular complexity index is 15.6. The van der Waals surface area contributed by atoms with Crippen LogP contribution in [0, 0.1) is 0 Å². The zero-order chi connectivity index (χ0) is 4.12. The lowest BCUT2D eigenvalue weighted by Crippen LogP contribution is -1.92. The van der Waals surface area contributed by atoms with Crippen molar-refractivity contribution in [1.29, 1.82) is 0 Å². The minimum atomic E-state index is 0. The summed E-state index contributed by atoms with van der Waals surface area (Å²) in [6.45, 7) is 0. The van der Waals surface area contributed by atoms with Gasteiger partial charge in [-0.25, -0.2) is 0 Å². The smallest absolute Gasteiger partial charge is 0.274 e. The first-order valence-electron chi connectivity index (χ1n) is 1.90. The van der Waals surface area contributed by atoms with Gasteiger partial charge in [0.1, 0.15) is 0 Å². The molecular weight excluding hydrogens is 103 g/mol. The van der Waals surface area contributed by atoms with Crippen molar-refractivity contribution >= 4 is 15.2 Å². The first-order valence-corrected chi connectivity index (χ1v) is 4.32. The zero-order valence-electron chi connectivity index (χ0n) is 3.82. The summed E-state index contributed by atoms with van der Waals surface area (Å²) in [7, 11) is 1.75. The maximum Gasteiger partial charge on any atom is 0.274 e. The maximum atomic E-state index is 4.75. The summed E-state index contributed by atoms with van der Waals surface area (Å²) in [5.41, 5.74) is 1.03. The van der Waals surface area contributed by atoms with E-state index in [4.69, 9.17) is 4.74 Å². The molecule has 0 atom stereocenters. The van der Waals surface area contributed by atoms with Crippen molar-refractivity contribution in [2.24, 2.45) is 0 Å². The van der Waals surface area contributed by atoms with E-state index in [1.807, 2.05) is 0 Å². The van der Waals surface area contributed by atoms with Gasteiger partial charge in [-0.15, -0.1) is 5.79 Å². The van der Waals surface area contributed by atoms with E-state index in [0.29, 0.717) is 0 Å². The molecule has 0 saturated carbocycles. The van der Waals surface area contributed by atoms with Gasteiger partial charge in [-0.2, -0.15) is 0 Å². The second-order valence-corrected chi connectivity index (χ2v) is 2.40. The van der Waals surface area contributed by atoms with Crippen LogP contribution in [0.3, 0.4) is 0 Å². The minimum absolute atomic E-state index is 0. The van der Waals surface area contributed by atoms with Gasteiger partial charge in [-0.05, 0) is 5.47 Å². The van der Waals surface area contributed by atoms with Crippen LogP contribution in [0.1, 0.15) is 14.9 Å². The summed E-state index contributed by atoms with van der Waals surface area (Å²) < 4.78 is 4.75. The molecule has 0 aliphatic rings. The second-order valence-electron chi connectivity index (χ2n) is 0.993. The van der Waals surface area contributed by atoms with Crippen LogP contribution >= 0.6 is 0 Å². The van der Waals surface area contributed by atoms with E-state index < -0.39 is 0 Å². The van der Waals surface area contributed by atoms with Gasteiger partial charge in [0, 0.05) is 7.11 Å². The van der Waals surface area contributed by atoms with Crippen LogP contribution in [0.25, 0.3) is 0 Å². The maximum absolute atomic E-state index is 4.75. The number of ether oxygens (including phenoxy) is 1. The highest BCUT2D eigenvalue weighted by Crippen LogP contribution is 1.57. The third-order valence-corrected chi connectivity index (χ3v) is 1.22. The Morgan fingerprint density at radius 1 is 1.43 bits per heavy atom. The first kappa shape index (κ1) is 15.6. The predicted octanol–water partition coefficient (Wildman–Crippen LogP) is 1.35. The van der Waals surface area contributed by atoms with Gasteiger partial charge in [0.15, 0.2) is 0 Å². The van der Waals surface area contributed by atoms with E-state index in [0.717, 1.165) is 5.47 Å². The number of hydrogen-bond donors (Lipinski definition) is 0. The lowest BCUT2D eigenvalue weighted by molar-refractivity contribution is 0.252. The van der Waals surface area contributed by atoms with Crippen molar-refractivity contribution < 1.29 is 4.74 Å². The quantitative estimate of drug-likeness (QED) is 0.500. The molecule has 0 aliphatic carbocycles. The van der Waals surface area contributed by atoms with E-state index >= 15 is 0 Å². The zero-order valence-corrected chi connectivity index (χ0v) is 5.24. The highest BCUT2D eigenvalue weighted by molar-refractivity contribution is 6.33. The summed E-state index contributed by atoms with van der Waals surface area (Å²) in [6, 6.07) is 0. The molecule has 0 spiro atoms. The Balaban J connectivity index is -0.0000000800. The molecule has 0 aromatic rings. The third kappa shape index (κ3) is 21.1. The topological polar surface area (TPSA) is 9.23 Å². The highest BCUT2D eigenvalue weighted by Gasteiger charge is 1.73. The molecule has 0 bridgehead atoms. The summed E-state index contributed by atoms with van der Waals surface area (Å²) in [4.78, 5) is 0. The lowest BCUT2D eigenvalue weighted by Gasteiger charge is -1.81. The Hall–Kier alpha value is 0.492. The van der Waals surface area contributed by atoms with E-state index in [-0.39, 0.29) is 30.1 Å². The van der Waals surface area contributed by atoms with Crippen molar-refractivity contribution in [2.75, 3.05) is 12.6 Å². The van der Waals surface area contributed by atoms with Gasteiger partial charge < -0.3 is 4.74 Å². The Labute approximate surface area is 53.8 Å². The molecule has 1 nitrogen and oxygen atoms in total. The van der Waals surface area contributed by atoms with Gasteiger partial charge in [0.05, 0.1) is 0 Å². The molecule has 0 aliphatic heterocycles. The summed E-state index contributed by atoms with van der Waals surface area (Å²) in [5, 5.41) is 0. The Morgan fingerprint density at radius 2 is 1.86 bits per heavy atom. The average Bonchev–Trinajstić information content (AvgIpc) is 1.41. The van der Waals surface area contributed by atoms with Gasteiger partial charge in [0.2, 0.25) is 0 Å². The molecule has 0 unspecified atom stereocenters. The van der Waals surface area contributed by atoms with Crippen molar-refractivity contribution in [1.82, 2.24) is 0 Å². The molecule has 0 aromatic heterocycles. The summed E-state index contributed by atoms with van der Waals surface area (Å²) >= 11 is 0.192. The molecule has 0 saturated heterocycles. The van der Waals surface area contributed by atoms with Crippen LogP contribution in [0.4, 0.5) is 0 Å². The standard InChI is InChI=1S/C2H5O.2CH4.CH3.Al.H/c1-3-2;;;;;/h1H2,2H3;2*1H4;1H3;;. The van der Waals surface area contributed by atoms with Gasteiger partial charge >= 0.3 is 0 Å². The van der Waals surface area contributed by atoms with Crippen LogP contribution in [0.5, 0.6) is 0 Å². The largest absolute Gasteiger partial charge is 0.400 e. The highest BCUT2D eigenvalue weighted by atomic mass is 27.1. The molecule has 0 N–H and O–H groups in total. The normalized spacial score (nSPS) is 5.43. The van der Waals surface area contributed by atoms with Gasteiger partial charge in [-0.3, -0.25) is 0 Å². The van der Waals surface area contributed by atoms with Gasteiger partial charge in [-0.1, -0.05) is 14.9 Å². The number of rotatable bonds is 2. The number of hydrogen-bond acceptors (Lipinski definition) is 1. The Morgan fingerprint density at radius 3 is 1.86 bits per heavy atom. The first-order chi connectivity index (χ1) is 2.41. The molecular formula is C5H17AlO. The molecule has 0 radical (unpaired) electrons. The SMILES string of the molecule is C.C.CO[CH2][AlH][CH3]. The predicted molar refractivity (Wildman–Crippen MR) is 38.4 cm³/mol. The summed E-state index contributed by atoms with van der Waals surface area (Å²) in [5.74, 6) is 2.23. The minimum Gasteiger partial charge on any atom is -0.400 e. The van der Waals surface area contributed by atoms with E-state index in [2.05, 4.69) is 5.79 Å². The van der Waals surface area contributed by atoms with Crippen molar-refractivity contribution in [3.05, 3.63) is 0 Å². The molecule has 0 amide bonds. The van der Waals surface area contributed by atoms with Crippen LogP contribution in [-0.4, -0.2) is 27.8 Å². The molecule has 2 heteroatoms. The fourth-order valence-corrected chi connectivity index (χ4v) is 0.612. The van der Waals surface area contributed by atoms with Gasteiger partial charge in [0.25, 0.3) is 15.2 Å². The lowest BCUT2D eigenvalue weighted by atomic mass is 11.5. The summed E-state index contributed by atoms with van der Waals surface area (Å²) in [6.07, 6.45) is 0. The number of methoxy groups -OCH3 is 1. The fourth-order valence-electron chi connectivity index (χ4n) is 0.204. The molecule has 7 heavy (non-hydrogen) atoms. The second kappa shape index (κ2) is 16.1. The van der Waals surface area contributed by atoms with Crippen LogP contribution in [-0.2, 0) is 4.74 Å².